The van der Waals surface area contributed by atoms with Crippen LogP contribution in [0.5, 0.6) is 0 Å². The van der Waals surface area contributed by atoms with Crippen molar-refractivity contribution in [1.82, 2.24) is 39.5 Å². The van der Waals surface area contributed by atoms with Gasteiger partial charge in [0.25, 0.3) is 0 Å². The molecule has 4 aromatic heterocycles. The summed E-state index contributed by atoms with van der Waals surface area (Å²) >= 11 is 7.83. The first-order valence-corrected chi connectivity index (χ1v) is 10.2. The zero-order valence-corrected chi connectivity index (χ0v) is 17.6. The molecule has 5 aromatic rings. The lowest BCUT2D eigenvalue weighted by molar-refractivity contribution is 0.784. The van der Waals surface area contributed by atoms with E-state index in [4.69, 9.17) is 11.6 Å². The van der Waals surface area contributed by atoms with Crippen LogP contribution >= 0.6 is 23.4 Å². The largest absolute Gasteiger partial charge is 0.269 e. The molecule has 0 saturated heterocycles. The van der Waals surface area contributed by atoms with Crippen LogP contribution in [0.2, 0.25) is 5.02 Å². The van der Waals surface area contributed by atoms with Crippen molar-refractivity contribution >= 4 is 34.4 Å². The Hall–Kier alpha value is -3.30. The van der Waals surface area contributed by atoms with Crippen LogP contribution in [0, 0.1) is 6.92 Å². The van der Waals surface area contributed by atoms with Gasteiger partial charge in [-0.3, -0.25) is 14.2 Å². The zero-order chi connectivity index (χ0) is 20.7. The summed E-state index contributed by atoms with van der Waals surface area (Å²) in [5, 5.41) is 16.2. The highest BCUT2D eigenvalue weighted by atomic mass is 35.5. The SMILES string of the molecule is Cc1c(Cl)cccc1-n1c(Sc2ncnc3c2cnn3C)nnc1-c1ccncc1. The van der Waals surface area contributed by atoms with Crippen molar-refractivity contribution in [2.45, 2.75) is 17.1 Å². The van der Waals surface area contributed by atoms with Crippen molar-refractivity contribution in [2.24, 2.45) is 7.05 Å². The number of aromatic nitrogens is 8. The van der Waals surface area contributed by atoms with Crippen LogP contribution in [0.15, 0.2) is 65.4 Å². The average molecular weight is 435 g/mol. The van der Waals surface area contributed by atoms with Gasteiger partial charge in [-0.2, -0.15) is 5.10 Å². The summed E-state index contributed by atoms with van der Waals surface area (Å²) in [6.45, 7) is 1.98. The van der Waals surface area contributed by atoms with Crippen LogP contribution in [0.4, 0.5) is 0 Å². The van der Waals surface area contributed by atoms with Gasteiger partial charge in [0.2, 0.25) is 5.16 Å². The Balaban J connectivity index is 1.71. The summed E-state index contributed by atoms with van der Waals surface area (Å²) in [5.41, 5.74) is 3.49. The van der Waals surface area contributed by atoms with E-state index in [9.17, 15) is 0 Å². The van der Waals surface area contributed by atoms with Crippen LogP contribution in [0.1, 0.15) is 5.56 Å². The predicted molar refractivity (Wildman–Crippen MR) is 115 cm³/mol. The number of hydrogen-bond acceptors (Lipinski definition) is 7. The van der Waals surface area contributed by atoms with Crippen LogP contribution in [-0.2, 0) is 7.05 Å². The Kier molecular flexibility index (Phi) is 4.68. The van der Waals surface area contributed by atoms with E-state index < -0.39 is 0 Å². The molecule has 5 rings (SSSR count). The van der Waals surface area contributed by atoms with Crippen molar-refractivity contribution in [3.63, 3.8) is 0 Å². The summed E-state index contributed by atoms with van der Waals surface area (Å²) in [6.07, 6.45) is 6.75. The number of halogens is 1. The molecule has 0 spiro atoms. The summed E-state index contributed by atoms with van der Waals surface area (Å²) in [5.74, 6) is 0.696. The highest BCUT2D eigenvalue weighted by Crippen LogP contribution is 2.35. The first-order chi connectivity index (χ1) is 14.6. The second-order valence-corrected chi connectivity index (χ2v) is 7.91. The van der Waals surface area contributed by atoms with Crippen molar-refractivity contribution in [3.05, 3.63) is 65.8 Å². The third-order valence-electron chi connectivity index (χ3n) is 4.73. The Labute approximate surface area is 181 Å². The van der Waals surface area contributed by atoms with E-state index in [1.165, 1.54) is 18.1 Å². The van der Waals surface area contributed by atoms with Gasteiger partial charge >= 0.3 is 0 Å². The normalized spacial score (nSPS) is 11.3. The van der Waals surface area contributed by atoms with E-state index in [0.717, 1.165) is 32.9 Å². The van der Waals surface area contributed by atoms with Gasteiger partial charge in [0.1, 0.15) is 11.4 Å². The number of hydrogen-bond donors (Lipinski definition) is 0. The van der Waals surface area contributed by atoms with Gasteiger partial charge in [0.05, 0.1) is 17.3 Å². The molecule has 0 amide bonds. The van der Waals surface area contributed by atoms with Crippen LogP contribution < -0.4 is 0 Å². The van der Waals surface area contributed by atoms with Crippen LogP contribution in [0.25, 0.3) is 28.1 Å². The van der Waals surface area contributed by atoms with E-state index in [1.807, 2.05) is 48.9 Å². The molecular formula is C20H15ClN8S. The Morgan fingerprint density at radius 1 is 1.03 bits per heavy atom. The number of rotatable bonds is 4. The lowest BCUT2D eigenvalue weighted by Crippen LogP contribution is -2.02. The van der Waals surface area contributed by atoms with Gasteiger partial charge in [-0.25, -0.2) is 9.97 Å². The molecule has 1 aromatic carbocycles. The molecule has 0 saturated carbocycles. The maximum atomic E-state index is 6.42. The lowest BCUT2D eigenvalue weighted by Gasteiger charge is -2.13. The Morgan fingerprint density at radius 3 is 2.70 bits per heavy atom. The van der Waals surface area contributed by atoms with Crippen molar-refractivity contribution in [3.8, 4) is 17.1 Å². The summed E-state index contributed by atoms with van der Waals surface area (Å²) < 4.78 is 3.71. The maximum Gasteiger partial charge on any atom is 0.202 e. The summed E-state index contributed by atoms with van der Waals surface area (Å²) in [4.78, 5) is 12.9. The van der Waals surface area contributed by atoms with Gasteiger partial charge in [-0.05, 0) is 48.5 Å². The second-order valence-electron chi connectivity index (χ2n) is 6.55. The molecule has 0 N–H and O–H groups in total. The van der Waals surface area contributed by atoms with Gasteiger partial charge in [-0.15, -0.1) is 10.2 Å². The van der Waals surface area contributed by atoms with Crippen LogP contribution in [-0.4, -0.2) is 39.5 Å². The first-order valence-electron chi connectivity index (χ1n) is 9.05. The molecule has 0 fully saturated rings. The molecule has 0 aliphatic carbocycles. The fourth-order valence-electron chi connectivity index (χ4n) is 3.19. The smallest absolute Gasteiger partial charge is 0.202 e. The number of pyridine rings is 1. The number of benzene rings is 1. The molecule has 0 atom stereocenters. The molecular weight excluding hydrogens is 420 g/mol. The topological polar surface area (TPSA) is 87.2 Å². The minimum absolute atomic E-state index is 0.663. The van der Waals surface area contributed by atoms with E-state index in [1.54, 1.807) is 23.3 Å². The van der Waals surface area contributed by atoms with Crippen LogP contribution in [0.3, 0.4) is 0 Å². The second kappa shape index (κ2) is 7.51. The highest BCUT2D eigenvalue weighted by molar-refractivity contribution is 7.99. The molecule has 0 aliphatic rings. The Morgan fingerprint density at radius 2 is 1.87 bits per heavy atom. The molecule has 10 heteroatoms. The van der Waals surface area contributed by atoms with E-state index in [2.05, 4.69) is 30.2 Å². The fraction of sp³-hybridized carbons (Fsp3) is 0.100. The Bertz CT molecular complexity index is 1360. The molecule has 0 radical (unpaired) electrons. The molecule has 4 heterocycles. The van der Waals surface area contributed by atoms with Crippen molar-refractivity contribution < 1.29 is 0 Å². The third-order valence-corrected chi connectivity index (χ3v) is 6.11. The zero-order valence-electron chi connectivity index (χ0n) is 16.1. The highest BCUT2D eigenvalue weighted by Gasteiger charge is 2.20. The number of fused-ring (bicyclic) bond motifs is 1. The molecule has 0 aliphatic heterocycles. The third kappa shape index (κ3) is 3.12. The molecule has 148 valence electrons. The summed E-state index contributed by atoms with van der Waals surface area (Å²) in [7, 11) is 1.85. The van der Waals surface area contributed by atoms with Gasteiger partial charge in [-0.1, -0.05) is 17.7 Å². The maximum absolute atomic E-state index is 6.42. The van der Waals surface area contributed by atoms with E-state index in [0.29, 0.717) is 16.0 Å². The standard InChI is InChI=1S/C20H15ClN8S/c1-12-15(21)4-3-5-16(12)29-17(13-6-8-22-9-7-13)26-27-20(29)30-19-14-10-25-28(2)18(14)23-11-24-19/h3-11H,1-2H3. The van der Waals surface area contributed by atoms with E-state index in [-0.39, 0.29) is 0 Å². The molecule has 0 bridgehead atoms. The van der Waals surface area contributed by atoms with Crippen molar-refractivity contribution in [1.29, 1.82) is 0 Å². The van der Waals surface area contributed by atoms with E-state index >= 15 is 0 Å². The van der Waals surface area contributed by atoms with Gasteiger partial charge < -0.3 is 0 Å². The first kappa shape index (κ1) is 18.7. The van der Waals surface area contributed by atoms with Gasteiger partial charge in [0, 0.05) is 30.0 Å². The number of aryl methyl sites for hydroxylation is 1. The summed E-state index contributed by atoms with van der Waals surface area (Å²) in [6, 6.07) is 9.59. The average Bonchev–Trinajstić information content (AvgIpc) is 3.35. The molecule has 30 heavy (non-hydrogen) atoms. The monoisotopic (exact) mass is 434 g/mol. The fourth-order valence-corrected chi connectivity index (χ4v) is 4.24. The van der Waals surface area contributed by atoms with Crippen molar-refractivity contribution in [2.75, 3.05) is 0 Å². The van der Waals surface area contributed by atoms with Gasteiger partial charge in [0.15, 0.2) is 11.5 Å². The quantitative estimate of drug-likeness (QED) is 0.393. The minimum Gasteiger partial charge on any atom is -0.269 e. The minimum atomic E-state index is 0.663. The number of nitrogens with zero attached hydrogens (tertiary/aromatic N) is 8. The predicted octanol–water partition coefficient (Wildman–Crippen LogP) is 4.12. The molecule has 0 unspecified atom stereocenters. The molecule has 8 nitrogen and oxygen atoms in total. The lowest BCUT2D eigenvalue weighted by atomic mass is 10.2.